The lowest BCUT2D eigenvalue weighted by molar-refractivity contribution is -0.141. The van der Waals surface area contributed by atoms with Crippen molar-refractivity contribution in [1.82, 2.24) is 9.88 Å². The van der Waals surface area contributed by atoms with Crippen LogP contribution in [-0.4, -0.2) is 34.6 Å². The number of rotatable bonds is 5. The fourth-order valence-corrected chi connectivity index (χ4v) is 2.59. The van der Waals surface area contributed by atoms with Gasteiger partial charge in [-0.05, 0) is 20.9 Å². The summed E-state index contributed by atoms with van der Waals surface area (Å²) in [4.78, 5) is 18.3. The van der Waals surface area contributed by atoms with Gasteiger partial charge in [0.2, 0.25) is 0 Å². The zero-order chi connectivity index (χ0) is 12.3. The monoisotopic (exact) mass is 242 g/mol. The Bertz CT molecular complexity index is 376. The molecule has 1 unspecified atom stereocenters. The summed E-state index contributed by atoms with van der Waals surface area (Å²) in [6, 6.07) is 0. The third-order valence-corrected chi connectivity index (χ3v) is 3.48. The average molecular weight is 242 g/mol. The standard InChI is InChI=1S/C11H18N2O2S/c1-7(11(14)15)5-13(4)6-10-8(2)12-9(3)16-10/h7H,5-6H2,1-4H3,(H,14,15). The predicted octanol–water partition coefficient (Wildman–Crippen LogP) is 1.91. The van der Waals surface area contributed by atoms with Crippen molar-refractivity contribution in [3.8, 4) is 0 Å². The van der Waals surface area contributed by atoms with Crippen molar-refractivity contribution >= 4 is 17.3 Å². The first-order valence-electron chi connectivity index (χ1n) is 5.24. The van der Waals surface area contributed by atoms with Gasteiger partial charge >= 0.3 is 5.97 Å². The van der Waals surface area contributed by atoms with Crippen LogP contribution in [0.1, 0.15) is 22.5 Å². The minimum atomic E-state index is -0.746. The Morgan fingerprint density at radius 1 is 1.56 bits per heavy atom. The molecule has 4 nitrogen and oxygen atoms in total. The van der Waals surface area contributed by atoms with E-state index in [4.69, 9.17) is 5.11 Å². The second-order valence-corrected chi connectivity index (χ2v) is 5.47. The van der Waals surface area contributed by atoms with Gasteiger partial charge in [0.15, 0.2) is 0 Å². The summed E-state index contributed by atoms with van der Waals surface area (Å²) < 4.78 is 0. The van der Waals surface area contributed by atoms with E-state index >= 15 is 0 Å². The molecular formula is C11H18N2O2S. The first-order valence-corrected chi connectivity index (χ1v) is 6.06. The minimum Gasteiger partial charge on any atom is -0.481 e. The van der Waals surface area contributed by atoms with E-state index in [0.717, 1.165) is 17.2 Å². The van der Waals surface area contributed by atoms with Crippen LogP contribution in [-0.2, 0) is 11.3 Å². The molecule has 1 heterocycles. The van der Waals surface area contributed by atoms with Gasteiger partial charge in [-0.3, -0.25) is 4.79 Å². The van der Waals surface area contributed by atoms with Crippen LogP contribution in [0.25, 0.3) is 0 Å². The van der Waals surface area contributed by atoms with E-state index in [1.807, 2.05) is 25.8 Å². The Morgan fingerprint density at radius 3 is 2.62 bits per heavy atom. The van der Waals surface area contributed by atoms with E-state index in [2.05, 4.69) is 4.98 Å². The number of carboxylic acid groups (broad SMARTS) is 1. The Hall–Kier alpha value is -0.940. The van der Waals surface area contributed by atoms with Crippen LogP contribution in [0.2, 0.25) is 0 Å². The van der Waals surface area contributed by atoms with Crippen molar-refractivity contribution in [2.45, 2.75) is 27.3 Å². The van der Waals surface area contributed by atoms with E-state index in [0.29, 0.717) is 6.54 Å². The number of carboxylic acids is 1. The largest absolute Gasteiger partial charge is 0.481 e. The number of aliphatic carboxylic acids is 1. The molecule has 5 heteroatoms. The van der Waals surface area contributed by atoms with Crippen LogP contribution >= 0.6 is 11.3 Å². The number of nitrogens with zero attached hydrogens (tertiary/aromatic N) is 2. The summed E-state index contributed by atoms with van der Waals surface area (Å²) >= 11 is 1.68. The van der Waals surface area contributed by atoms with E-state index in [-0.39, 0.29) is 5.92 Å². The fraction of sp³-hybridized carbons (Fsp3) is 0.636. The van der Waals surface area contributed by atoms with Crippen LogP contribution < -0.4 is 0 Å². The SMILES string of the molecule is Cc1nc(C)c(CN(C)CC(C)C(=O)O)s1. The molecule has 0 saturated carbocycles. The summed E-state index contributed by atoms with van der Waals surface area (Å²) in [5.41, 5.74) is 1.05. The van der Waals surface area contributed by atoms with Crippen molar-refractivity contribution in [2.75, 3.05) is 13.6 Å². The first-order chi connectivity index (χ1) is 7.40. The molecule has 1 N–H and O–H groups in total. The molecular weight excluding hydrogens is 224 g/mol. The van der Waals surface area contributed by atoms with E-state index < -0.39 is 5.97 Å². The second kappa shape index (κ2) is 5.41. The molecule has 0 fully saturated rings. The van der Waals surface area contributed by atoms with Crippen LogP contribution in [0, 0.1) is 19.8 Å². The fourth-order valence-electron chi connectivity index (χ4n) is 1.58. The molecule has 0 aromatic carbocycles. The normalized spacial score (nSPS) is 13.1. The third-order valence-electron chi connectivity index (χ3n) is 2.42. The van der Waals surface area contributed by atoms with Crippen molar-refractivity contribution in [2.24, 2.45) is 5.92 Å². The summed E-state index contributed by atoms with van der Waals surface area (Å²) in [6.07, 6.45) is 0. The molecule has 90 valence electrons. The highest BCUT2D eigenvalue weighted by Gasteiger charge is 2.15. The Kier molecular flexibility index (Phi) is 4.44. The molecule has 1 rings (SSSR count). The Labute approximate surface area is 99.9 Å². The zero-order valence-electron chi connectivity index (χ0n) is 10.1. The lowest BCUT2D eigenvalue weighted by Crippen LogP contribution is -2.28. The highest BCUT2D eigenvalue weighted by molar-refractivity contribution is 7.11. The molecule has 0 aliphatic heterocycles. The van der Waals surface area contributed by atoms with Gasteiger partial charge in [0.05, 0.1) is 16.6 Å². The highest BCUT2D eigenvalue weighted by atomic mass is 32.1. The molecule has 0 spiro atoms. The molecule has 0 aliphatic rings. The van der Waals surface area contributed by atoms with E-state index in [9.17, 15) is 4.79 Å². The van der Waals surface area contributed by atoms with Crippen molar-refractivity contribution in [3.63, 3.8) is 0 Å². The van der Waals surface area contributed by atoms with Crippen LogP contribution in [0.5, 0.6) is 0 Å². The van der Waals surface area contributed by atoms with Crippen LogP contribution in [0.3, 0.4) is 0 Å². The third kappa shape index (κ3) is 3.57. The maximum atomic E-state index is 10.7. The molecule has 16 heavy (non-hydrogen) atoms. The predicted molar refractivity (Wildman–Crippen MR) is 64.7 cm³/mol. The van der Waals surface area contributed by atoms with Gasteiger partial charge in [-0.1, -0.05) is 6.92 Å². The molecule has 0 bridgehead atoms. The van der Waals surface area contributed by atoms with E-state index in [1.54, 1.807) is 18.3 Å². The number of aromatic nitrogens is 1. The summed E-state index contributed by atoms with van der Waals surface area (Å²) in [7, 11) is 1.94. The number of thiazole rings is 1. The van der Waals surface area contributed by atoms with E-state index in [1.165, 1.54) is 4.88 Å². The topological polar surface area (TPSA) is 53.4 Å². The Balaban J connectivity index is 2.54. The average Bonchev–Trinajstić information content (AvgIpc) is 2.44. The summed E-state index contributed by atoms with van der Waals surface area (Å²) in [5, 5.41) is 9.88. The van der Waals surface area contributed by atoms with Gasteiger partial charge in [-0.15, -0.1) is 11.3 Å². The number of aryl methyl sites for hydroxylation is 2. The smallest absolute Gasteiger partial charge is 0.307 e. The number of carbonyl (C=O) groups is 1. The molecule has 0 aliphatic carbocycles. The molecule has 1 aromatic heterocycles. The lowest BCUT2D eigenvalue weighted by Gasteiger charge is -2.18. The van der Waals surface area contributed by atoms with Crippen LogP contribution in [0.15, 0.2) is 0 Å². The van der Waals surface area contributed by atoms with Crippen molar-refractivity contribution < 1.29 is 9.90 Å². The van der Waals surface area contributed by atoms with Crippen LogP contribution in [0.4, 0.5) is 0 Å². The van der Waals surface area contributed by atoms with Gasteiger partial charge in [0, 0.05) is 18.0 Å². The van der Waals surface area contributed by atoms with Gasteiger partial charge < -0.3 is 10.0 Å². The van der Waals surface area contributed by atoms with Gasteiger partial charge in [-0.25, -0.2) is 4.98 Å². The molecule has 0 amide bonds. The van der Waals surface area contributed by atoms with Crippen molar-refractivity contribution in [1.29, 1.82) is 0 Å². The Morgan fingerprint density at radius 2 is 2.19 bits per heavy atom. The lowest BCUT2D eigenvalue weighted by atomic mass is 10.2. The molecule has 1 aromatic rings. The maximum Gasteiger partial charge on any atom is 0.307 e. The number of hydrogen-bond donors (Lipinski definition) is 1. The minimum absolute atomic E-state index is 0.334. The quantitative estimate of drug-likeness (QED) is 0.857. The number of hydrogen-bond acceptors (Lipinski definition) is 4. The van der Waals surface area contributed by atoms with Crippen molar-refractivity contribution in [3.05, 3.63) is 15.6 Å². The first kappa shape index (κ1) is 13.1. The molecule has 1 atom stereocenters. The van der Waals surface area contributed by atoms with Gasteiger partial charge in [-0.2, -0.15) is 0 Å². The molecule has 0 radical (unpaired) electrons. The maximum absolute atomic E-state index is 10.7. The zero-order valence-corrected chi connectivity index (χ0v) is 11.0. The van der Waals surface area contributed by atoms with Gasteiger partial charge in [0.1, 0.15) is 0 Å². The highest BCUT2D eigenvalue weighted by Crippen LogP contribution is 2.18. The molecule has 0 saturated heterocycles. The summed E-state index contributed by atoms with van der Waals surface area (Å²) in [6.45, 7) is 7.04. The second-order valence-electron chi connectivity index (χ2n) is 4.18. The van der Waals surface area contributed by atoms with Gasteiger partial charge in [0.25, 0.3) is 0 Å². The summed E-state index contributed by atoms with van der Waals surface area (Å²) in [5.74, 6) is -1.08.